The quantitative estimate of drug-likeness (QED) is 0.818. The summed E-state index contributed by atoms with van der Waals surface area (Å²) in [6.45, 7) is 6.24. The minimum Gasteiger partial charge on any atom is -0.496 e. The van der Waals surface area contributed by atoms with Crippen molar-refractivity contribution in [2.45, 2.75) is 27.2 Å². The molecule has 88 valence electrons. The fourth-order valence-electron chi connectivity index (χ4n) is 1.72. The van der Waals surface area contributed by atoms with Crippen LogP contribution in [0.15, 0.2) is 12.1 Å². The number of hydrogen-bond donors (Lipinski definition) is 1. The van der Waals surface area contributed by atoms with Crippen LogP contribution in [-0.2, 0) is 6.42 Å². The molecule has 0 amide bonds. The van der Waals surface area contributed by atoms with E-state index in [-0.39, 0.29) is 5.92 Å². The topological polar surface area (TPSA) is 35.2 Å². The predicted octanol–water partition coefficient (Wildman–Crippen LogP) is 2.78. The summed E-state index contributed by atoms with van der Waals surface area (Å²) in [5.41, 5.74) is 9.38. The van der Waals surface area contributed by atoms with Crippen LogP contribution in [0.2, 0.25) is 0 Å². The van der Waals surface area contributed by atoms with Crippen LogP contribution in [0, 0.1) is 19.8 Å². The van der Waals surface area contributed by atoms with Gasteiger partial charge in [0.2, 0.25) is 0 Å². The summed E-state index contributed by atoms with van der Waals surface area (Å²) in [6, 6.07) is 4.10. The average molecular weight is 237 g/mol. The van der Waals surface area contributed by atoms with Gasteiger partial charge in [-0.15, -0.1) is 0 Å². The first-order valence-electron chi connectivity index (χ1n) is 5.39. The van der Waals surface area contributed by atoms with Crippen LogP contribution in [0.3, 0.4) is 0 Å². The molecule has 1 unspecified atom stereocenters. The summed E-state index contributed by atoms with van der Waals surface area (Å²) in [5, 5.41) is 0. The molecule has 0 spiro atoms. The molecule has 0 saturated heterocycles. The fourth-order valence-corrected chi connectivity index (χ4v) is 1.81. The average Bonchev–Trinajstić information content (AvgIpc) is 2.25. The summed E-state index contributed by atoms with van der Waals surface area (Å²) in [7, 11) is 1.69. The summed E-state index contributed by atoms with van der Waals surface area (Å²) < 4.78 is 5.28. The number of rotatable bonds is 4. The van der Waals surface area contributed by atoms with E-state index in [0.29, 0.717) is 4.99 Å². The molecule has 0 aliphatic heterocycles. The smallest absolute Gasteiger partial charge is 0.122 e. The third-order valence-electron chi connectivity index (χ3n) is 3.08. The Morgan fingerprint density at radius 3 is 2.50 bits per heavy atom. The highest BCUT2D eigenvalue weighted by Crippen LogP contribution is 2.25. The first kappa shape index (κ1) is 13.0. The second kappa shape index (κ2) is 5.30. The standard InChI is InChI=1S/C13H19NOS/c1-8(13(14)16)7-11-5-6-12(15-4)10(3)9(11)2/h5-6,8H,7H2,1-4H3,(H2,14,16). The molecule has 0 aromatic heterocycles. The Kier molecular flexibility index (Phi) is 4.30. The van der Waals surface area contributed by atoms with Gasteiger partial charge in [0, 0.05) is 5.92 Å². The summed E-state index contributed by atoms with van der Waals surface area (Å²) in [4.78, 5) is 0.577. The molecule has 0 saturated carbocycles. The maximum atomic E-state index is 5.63. The second-order valence-electron chi connectivity index (χ2n) is 4.18. The first-order chi connectivity index (χ1) is 7.47. The van der Waals surface area contributed by atoms with Gasteiger partial charge in [0.15, 0.2) is 0 Å². The normalized spacial score (nSPS) is 12.2. The third-order valence-corrected chi connectivity index (χ3v) is 3.48. The number of ether oxygens (including phenoxy) is 1. The van der Waals surface area contributed by atoms with Crippen LogP contribution in [0.5, 0.6) is 5.75 Å². The van der Waals surface area contributed by atoms with Crippen LogP contribution >= 0.6 is 12.2 Å². The van der Waals surface area contributed by atoms with E-state index in [9.17, 15) is 0 Å². The van der Waals surface area contributed by atoms with Crippen LogP contribution < -0.4 is 10.5 Å². The molecule has 1 aromatic carbocycles. The molecule has 16 heavy (non-hydrogen) atoms. The van der Waals surface area contributed by atoms with Gasteiger partial charge >= 0.3 is 0 Å². The number of hydrogen-bond acceptors (Lipinski definition) is 2. The Bertz CT molecular complexity index is 401. The summed E-state index contributed by atoms with van der Waals surface area (Å²) >= 11 is 5.00. The van der Waals surface area contributed by atoms with Crippen molar-refractivity contribution in [2.24, 2.45) is 11.7 Å². The molecule has 3 heteroatoms. The number of methoxy groups -OCH3 is 1. The summed E-state index contributed by atoms with van der Waals surface area (Å²) in [5.74, 6) is 1.17. The molecule has 1 atom stereocenters. The Morgan fingerprint density at radius 1 is 1.38 bits per heavy atom. The van der Waals surface area contributed by atoms with Crippen LogP contribution in [0.4, 0.5) is 0 Å². The van der Waals surface area contributed by atoms with Crippen molar-refractivity contribution >= 4 is 17.2 Å². The number of nitrogens with two attached hydrogens (primary N) is 1. The van der Waals surface area contributed by atoms with E-state index in [0.717, 1.165) is 12.2 Å². The van der Waals surface area contributed by atoms with Crippen LogP contribution in [0.25, 0.3) is 0 Å². The largest absolute Gasteiger partial charge is 0.496 e. The van der Waals surface area contributed by atoms with Crippen LogP contribution in [0.1, 0.15) is 23.6 Å². The molecule has 1 aromatic rings. The van der Waals surface area contributed by atoms with Crippen molar-refractivity contribution in [1.29, 1.82) is 0 Å². The lowest BCUT2D eigenvalue weighted by Crippen LogP contribution is -2.20. The van der Waals surface area contributed by atoms with E-state index in [2.05, 4.69) is 26.8 Å². The Morgan fingerprint density at radius 2 is 2.00 bits per heavy atom. The molecule has 0 aliphatic rings. The van der Waals surface area contributed by atoms with E-state index in [1.54, 1.807) is 7.11 Å². The van der Waals surface area contributed by atoms with E-state index in [1.165, 1.54) is 16.7 Å². The maximum absolute atomic E-state index is 5.63. The lowest BCUT2D eigenvalue weighted by molar-refractivity contribution is 0.411. The zero-order valence-corrected chi connectivity index (χ0v) is 11.1. The Hall–Kier alpha value is -1.09. The minimum atomic E-state index is 0.237. The monoisotopic (exact) mass is 237 g/mol. The molecule has 1 rings (SSSR count). The molecular formula is C13H19NOS. The van der Waals surface area contributed by atoms with Crippen LogP contribution in [-0.4, -0.2) is 12.1 Å². The number of benzene rings is 1. The van der Waals surface area contributed by atoms with E-state index < -0.39 is 0 Å². The first-order valence-corrected chi connectivity index (χ1v) is 5.80. The summed E-state index contributed by atoms with van der Waals surface area (Å²) in [6.07, 6.45) is 0.895. The lowest BCUT2D eigenvalue weighted by Gasteiger charge is -2.15. The molecule has 0 radical (unpaired) electrons. The van der Waals surface area contributed by atoms with Gasteiger partial charge in [-0.25, -0.2) is 0 Å². The zero-order chi connectivity index (χ0) is 12.3. The Balaban J connectivity index is 2.99. The van der Waals surface area contributed by atoms with Gasteiger partial charge in [-0.3, -0.25) is 0 Å². The molecule has 2 N–H and O–H groups in total. The van der Waals surface area contributed by atoms with Crippen molar-refractivity contribution < 1.29 is 4.74 Å². The molecule has 2 nitrogen and oxygen atoms in total. The van der Waals surface area contributed by atoms with Crippen molar-refractivity contribution in [3.8, 4) is 5.75 Å². The maximum Gasteiger partial charge on any atom is 0.122 e. The van der Waals surface area contributed by atoms with E-state index in [4.69, 9.17) is 22.7 Å². The van der Waals surface area contributed by atoms with Gasteiger partial charge in [-0.2, -0.15) is 0 Å². The number of thiocarbonyl (C=S) groups is 1. The second-order valence-corrected chi connectivity index (χ2v) is 4.66. The highest BCUT2D eigenvalue weighted by Gasteiger charge is 2.11. The molecule has 0 heterocycles. The zero-order valence-electron chi connectivity index (χ0n) is 10.3. The van der Waals surface area contributed by atoms with Crippen molar-refractivity contribution in [3.05, 3.63) is 28.8 Å². The molecule has 0 aliphatic carbocycles. The van der Waals surface area contributed by atoms with Gasteiger partial charge in [0.25, 0.3) is 0 Å². The predicted molar refractivity (Wildman–Crippen MR) is 72.1 cm³/mol. The van der Waals surface area contributed by atoms with Crippen molar-refractivity contribution in [1.82, 2.24) is 0 Å². The highest BCUT2D eigenvalue weighted by atomic mass is 32.1. The Labute approximate surface area is 103 Å². The van der Waals surface area contributed by atoms with E-state index in [1.807, 2.05) is 6.07 Å². The SMILES string of the molecule is COc1ccc(CC(C)C(N)=S)c(C)c1C. The lowest BCUT2D eigenvalue weighted by atomic mass is 9.94. The highest BCUT2D eigenvalue weighted by molar-refractivity contribution is 7.80. The van der Waals surface area contributed by atoms with Gasteiger partial charge in [-0.1, -0.05) is 25.2 Å². The van der Waals surface area contributed by atoms with Crippen molar-refractivity contribution in [3.63, 3.8) is 0 Å². The fraction of sp³-hybridized carbons (Fsp3) is 0.462. The van der Waals surface area contributed by atoms with Crippen molar-refractivity contribution in [2.75, 3.05) is 7.11 Å². The molecule has 0 fully saturated rings. The van der Waals surface area contributed by atoms with Gasteiger partial charge in [-0.05, 0) is 43.0 Å². The minimum absolute atomic E-state index is 0.237. The van der Waals surface area contributed by atoms with Gasteiger partial charge in [0.05, 0.1) is 12.1 Å². The van der Waals surface area contributed by atoms with E-state index >= 15 is 0 Å². The molecular weight excluding hydrogens is 218 g/mol. The molecule has 0 bridgehead atoms. The third kappa shape index (κ3) is 2.73. The van der Waals surface area contributed by atoms with Gasteiger partial charge < -0.3 is 10.5 Å². The van der Waals surface area contributed by atoms with Gasteiger partial charge in [0.1, 0.15) is 5.75 Å².